The SMILES string of the molecule is O=C(O)c1cccc(-c2ncccn2)c1S. The van der Waals surface area contributed by atoms with E-state index in [2.05, 4.69) is 22.6 Å². The van der Waals surface area contributed by atoms with Crippen LogP contribution in [0.3, 0.4) is 0 Å². The number of aromatic nitrogens is 2. The molecule has 1 aromatic carbocycles. The van der Waals surface area contributed by atoms with E-state index in [1.165, 1.54) is 6.07 Å². The number of thiol groups is 1. The first-order valence-electron chi connectivity index (χ1n) is 4.53. The summed E-state index contributed by atoms with van der Waals surface area (Å²) in [5.74, 6) is -0.543. The molecule has 0 radical (unpaired) electrons. The molecule has 0 bridgehead atoms. The lowest BCUT2D eigenvalue weighted by atomic mass is 10.1. The van der Waals surface area contributed by atoms with Crippen molar-refractivity contribution in [1.82, 2.24) is 9.97 Å². The summed E-state index contributed by atoms with van der Waals surface area (Å²) in [6.07, 6.45) is 3.20. The third-order valence-corrected chi connectivity index (χ3v) is 2.55. The number of hydrogen-bond donors (Lipinski definition) is 2. The Morgan fingerprint density at radius 3 is 2.50 bits per heavy atom. The second kappa shape index (κ2) is 4.32. The van der Waals surface area contributed by atoms with Crippen molar-refractivity contribution >= 4 is 18.6 Å². The van der Waals surface area contributed by atoms with Gasteiger partial charge in [-0.2, -0.15) is 0 Å². The van der Waals surface area contributed by atoms with Crippen LogP contribution in [0.15, 0.2) is 41.6 Å². The molecule has 0 aliphatic carbocycles. The number of aromatic carboxylic acids is 1. The van der Waals surface area contributed by atoms with Crippen molar-refractivity contribution in [2.75, 3.05) is 0 Å². The van der Waals surface area contributed by atoms with Crippen molar-refractivity contribution < 1.29 is 9.90 Å². The topological polar surface area (TPSA) is 63.1 Å². The number of rotatable bonds is 2. The molecule has 0 aliphatic rings. The summed E-state index contributed by atoms with van der Waals surface area (Å²) < 4.78 is 0. The number of carboxylic acid groups (broad SMARTS) is 1. The van der Waals surface area contributed by atoms with Gasteiger partial charge in [-0.25, -0.2) is 14.8 Å². The van der Waals surface area contributed by atoms with Gasteiger partial charge < -0.3 is 5.11 Å². The molecule has 0 amide bonds. The lowest BCUT2D eigenvalue weighted by molar-refractivity contribution is 0.0693. The zero-order valence-corrected chi connectivity index (χ0v) is 9.06. The van der Waals surface area contributed by atoms with Gasteiger partial charge in [-0.05, 0) is 12.1 Å². The fourth-order valence-electron chi connectivity index (χ4n) is 1.33. The Balaban J connectivity index is 2.59. The molecule has 2 rings (SSSR count). The summed E-state index contributed by atoms with van der Waals surface area (Å²) in [5.41, 5.74) is 0.761. The first kappa shape index (κ1) is 10.6. The highest BCUT2D eigenvalue weighted by atomic mass is 32.1. The minimum Gasteiger partial charge on any atom is -0.478 e. The van der Waals surface area contributed by atoms with E-state index in [4.69, 9.17) is 5.11 Å². The van der Waals surface area contributed by atoms with Crippen molar-refractivity contribution in [2.24, 2.45) is 0 Å². The van der Waals surface area contributed by atoms with E-state index in [9.17, 15) is 4.79 Å². The maximum Gasteiger partial charge on any atom is 0.336 e. The van der Waals surface area contributed by atoms with Crippen LogP contribution in [-0.2, 0) is 0 Å². The molecule has 1 N–H and O–H groups in total. The van der Waals surface area contributed by atoms with Crippen LogP contribution in [0.2, 0.25) is 0 Å². The van der Waals surface area contributed by atoms with Gasteiger partial charge >= 0.3 is 5.97 Å². The van der Waals surface area contributed by atoms with Gasteiger partial charge in [0.15, 0.2) is 5.82 Å². The molecule has 80 valence electrons. The number of benzene rings is 1. The summed E-state index contributed by atoms with van der Waals surface area (Å²) >= 11 is 4.20. The fraction of sp³-hybridized carbons (Fsp3) is 0. The van der Waals surface area contributed by atoms with E-state index in [0.29, 0.717) is 16.3 Å². The predicted molar refractivity (Wildman–Crippen MR) is 61.7 cm³/mol. The van der Waals surface area contributed by atoms with Crippen LogP contribution in [0, 0.1) is 0 Å². The average Bonchev–Trinajstić information content (AvgIpc) is 2.30. The summed E-state index contributed by atoms with van der Waals surface area (Å²) in [7, 11) is 0. The summed E-state index contributed by atoms with van der Waals surface area (Å²) in [5, 5.41) is 8.95. The molecule has 0 atom stereocenters. The highest BCUT2D eigenvalue weighted by Gasteiger charge is 2.13. The molecular formula is C11H8N2O2S. The van der Waals surface area contributed by atoms with Crippen molar-refractivity contribution in [3.05, 3.63) is 42.2 Å². The fourth-order valence-corrected chi connectivity index (χ4v) is 1.68. The third-order valence-electron chi connectivity index (χ3n) is 2.07. The molecule has 0 unspecified atom stereocenters. The monoisotopic (exact) mass is 232 g/mol. The van der Waals surface area contributed by atoms with Crippen molar-refractivity contribution in [3.63, 3.8) is 0 Å². The Morgan fingerprint density at radius 1 is 1.19 bits per heavy atom. The normalized spacial score (nSPS) is 10.1. The Morgan fingerprint density at radius 2 is 1.88 bits per heavy atom. The van der Waals surface area contributed by atoms with Crippen molar-refractivity contribution in [3.8, 4) is 11.4 Å². The molecule has 16 heavy (non-hydrogen) atoms. The van der Waals surface area contributed by atoms with E-state index in [1.807, 2.05) is 0 Å². The molecule has 4 nitrogen and oxygen atoms in total. The molecule has 0 saturated carbocycles. The van der Waals surface area contributed by atoms with E-state index in [-0.39, 0.29) is 5.56 Å². The van der Waals surface area contributed by atoms with Crippen LogP contribution in [0.1, 0.15) is 10.4 Å². The Hall–Kier alpha value is -1.88. The van der Waals surface area contributed by atoms with Crippen LogP contribution < -0.4 is 0 Å². The van der Waals surface area contributed by atoms with Crippen LogP contribution in [-0.4, -0.2) is 21.0 Å². The van der Waals surface area contributed by atoms with Crippen LogP contribution in [0.25, 0.3) is 11.4 Å². The predicted octanol–water partition coefficient (Wildman–Crippen LogP) is 2.13. The maximum absolute atomic E-state index is 10.9. The van der Waals surface area contributed by atoms with Gasteiger partial charge in [-0.1, -0.05) is 12.1 Å². The molecule has 0 saturated heterocycles. The second-order valence-corrected chi connectivity index (χ2v) is 3.53. The Bertz CT molecular complexity index is 529. The van der Waals surface area contributed by atoms with Gasteiger partial charge in [0.1, 0.15) is 0 Å². The van der Waals surface area contributed by atoms with Gasteiger partial charge in [0.05, 0.1) is 5.56 Å². The lowest BCUT2D eigenvalue weighted by Crippen LogP contribution is -1.99. The summed E-state index contributed by atoms with van der Waals surface area (Å²) in [6.45, 7) is 0. The first-order chi connectivity index (χ1) is 7.70. The smallest absolute Gasteiger partial charge is 0.336 e. The molecule has 0 fully saturated rings. The summed E-state index contributed by atoms with van der Waals surface area (Å²) in [6, 6.07) is 6.58. The van der Waals surface area contributed by atoms with Gasteiger partial charge in [0.2, 0.25) is 0 Å². The van der Waals surface area contributed by atoms with Gasteiger partial charge in [-0.15, -0.1) is 12.6 Å². The largest absolute Gasteiger partial charge is 0.478 e. The van der Waals surface area contributed by atoms with Crippen molar-refractivity contribution in [2.45, 2.75) is 4.90 Å². The molecule has 1 heterocycles. The minimum absolute atomic E-state index is 0.147. The number of carbonyl (C=O) groups is 1. The highest BCUT2D eigenvalue weighted by molar-refractivity contribution is 7.80. The van der Waals surface area contributed by atoms with Crippen LogP contribution in [0.5, 0.6) is 0 Å². The number of nitrogens with zero attached hydrogens (tertiary/aromatic N) is 2. The lowest BCUT2D eigenvalue weighted by Gasteiger charge is -2.05. The van der Waals surface area contributed by atoms with Gasteiger partial charge in [0.25, 0.3) is 0 Å². The Kier molecular flexibility index (Phi) is 2.87. The number of carboxylic acids is 1. The van der Waals surface area contributed by atoms with Crippen molar-refractivity contribution in [1.29, 1.82) is 0 Å². The quantitative estimate of drug-likeness (QED) is 0.778. The van der Waals surface area contributed by atoms with E-state index < -0.39 is 5.97 Å². The van der Waals surface area contributed by atoms with Gasteiger partial charge in [-0.3, -0.25) is 0 Å². The molecule has 0 spiro atoms. The van der Waals surface area contributed by atoms with E-state index in [0.717, 1.165) is 0 Å². The van der Waals surface area contributed by atoms with Crippen LogP contribution >= 0.6 is 12.6 Å². The summed E-state index contributed by atoms with van der Waals surface area (Å²) in [4.78, 5) is 19.4. The molecule has 0 aliphatic heterocycles. The molecule has 1 aromatic heterocycles. The second-order valence-electron chi connectivity index (χ2n) is 3.08. The molecule has 5 heteroatoms. The zero-order valence-electron chi connectivity index (χ0n) is 8.16. The molecule has 2 aromatic rings. The highest BCUT2D eigenvalue weighted by Crippen LogP contribution is 2.26. The van der Waals surface area contributed by atoms with E-state index in [1.54, 1.807) is 30.6 Å². The van der Waals surface area contributed by atoms with Gasteiger partial charge in [0, 0.05) is 22.9 Å². The standard InChI is InChI=1S/C11H8N2O2S/c14-11(15)8-4-1-3-7(9(8)16)10-12-5-2-6-13-10/h1-6,16H,(H,14,15). The maximum atomic E-state index is 10.9. The molecular weight excluding hydrogens is 224 g/mol. The first-order valence-corrected chi connectivity index (χ1v) is 4.97. The van der Waals surface area contributed by atoms with E-state index >= 15 is 0 Å². The third kappa shape index (κ3) is 1.90. The minimum atomic E-state index is -1.01. The zero-order chi connectivity index (χ0) is 11.5. The number of hydrogen-bond acceptors (Lipinski definition) is 4. The Labute approximate surface area is 97.4 Å². The van der Waals surface area contributed by atoms with Crippen LogP contribution in [0.4, 0.5) is 0 Å². The average molecular weight is 232 g/mol.